The number of aryl methyl sites for hydroxylation is 1. The topological polar surface area (TPSA) is 50.7 Å². The summed E-state index contributed by atoms with van der Waals surface area (Å²) in [5, 5.41) is 4.71. The molecule has 0 saturated heterocycles. The zero-order valence-corrected chi connectivity index (χ0v) is 16.0. The summed E-state index contributed by atoms with van der Waals surface area (Å²) in [7, 11) is 0. The summed E-state index contributed by atoms with van der Waals surface area (Å²) in [6.07, 6.45) is 13.3. The van der Waals surface area contributed by atoms with Crippen LogP contribution in [0.4, 0.5) is 5.82 Å². The van der Waals surface area contributed by atoms with Crippen molar-refractivity contribution in [3.63, 3.8) is 0 Å². The van der Waals surface area contributed by atoms with Gasteiger partial charge in [0.15, 0.2) is 5.82 Å². The SMILES string of the molecule is CCc1cc2c(NCCC3=CCCCC3)nc(-c3cccnc3)nc2s1. The van der Waals surface area contributed by atoms with Crippen molar-refractivity contribution >= 4 is 27.4 Å². The molecule has 0 spiro atoms. The Balaban J connectivity index is 1.62. The van der Waals surface area contributed by atoms with Crippen LogP contribution < -0.4 is 5.32 Å². The minimum absolute atomic E-state index is 0.745. The molecule has 0 aromatic carbocycles. The lowest BCUT2D eigenvalue weighted by Gasteiger charge is -2.14. The lowest BCUT2D eigenvalue weighted by Crippen LogP contribution is -2.07. The molecule has 3 aromatic heterocycles. The molecule has 0 radical (unpaired) electrons. The average molecular weight is 365 g/mol. The average Bonchev–Trinajstić information content (AvgIpc) is 3.13. The van der Waals surface area contributed by atoms with Crippen LogP contribution in [0.2, 0.25) is 0 Å². The third kappa shape index (κ3) is 3.78. The summed E-state index contributed by atoms with van der Waals surface area (Å²) in [6.45, 7) is 3.10. The number of nitrogens with zero attached hydrogens (tertiary/aromatic N) is 3. The Bertz CT molecular complexity index is 914. The van der Waals surface area contributed by atoms with Crippen LogP contribution in [0.5, 0.6) is 0 Å². The quantitative estimate of drug-likeness (QED) is 0.577. The standard InChI is InChI=1S/C21H24N4S/c1-2-17-13-18-20(23-12-10-15-7-4-3-5-8-15)24-19(25-21(18)26-17)16-9-6-11-22-14-16/h6-7,9,11,13-14H,2-5,8,10,12H2,1H3,(H,23,24,25). The highest BCUT2D eigenvalue weighted by atomic mass is 32.1. The maximum absolute atomic E-state index is 4.83. The van der Waals surface area contributed by atoms with Crippen LogP contribution in [0.25, 0.3) is 21.6 Å². The van der Waals surface area contributed by atoms with Gasteiger partial charge in [-0.3, -0.25) is 4.98 Å². The number of thiophene rings is 1. The Hall–Kier alpha value is -2.27. The normalized spacial score (nSPS) is 14.4. The van der Waals surface area contributed by atoms with Gasteiger partial charge in [0.1, 0.15) is 10.6 Å². The van der Waals surface area contributed by atoms with Crippen molar-refractivity contribution in [3.8, 4) is 11.4 Å². The summed E-state index contributed by atoms with van der Waals surface area (Å²) >= 11 is 1.76. The summed E-state index contributed by atoms with van der Waals surface area (Å²) in [5.74, 6) is 1.69. The summed E-state index contributed by atoms with van der Waals surface area (Å²) in [6, 6.07) is 6.17. The van der Waals surface area contributed by atoms with Crippen molar-refractivity contribution in [3.05, 3.63) is 47.1 Å². The Morgan fingerprint density at radius 1 is 1.23 bits per heavy atom. The van der Waals surface area contributed by atoms with E-state index in [1.807, 2.05) is 18.3 Å². The fourth-order valence-electron chi connectivity index (χ4n) is 3.38. The molecule has 3 aromatic rings. The molecule has 134 valence electrons. The molecule has 0 aliphatic heterocycles. The van der Waals surface area contributed by atoms with Crippen molar-refractivity contribution in [1.82, 2.24) is 15.0 Å². The second-order valence-corrected chi connectivity index (χ2v) is 7.82. The number of allylic oxidation sites excluding steroid dienone is 1. The van der Waals surface area contributed by atoms with Gasteiger partial charge in [0.2, 0.25) is 0 Å². The van der Waals surface area contributed by atoms with E-state index in [4.69, 9.17) is 9.97 Å². The van der Waals surface area contributed by atoms with Crippen molar-refractivity contribution in [1.29, 1.82) is 0 Å². The first-order chi connectivity index (χ1) is 12.8. The van der Waals surface area contributed by atoms with Gasteiger partial charge in [-0.05, 0) is 56.7 Å². The van der Waals surface area contributed by atoms with Crippen LogP contribution in [0.15, 0.2) is 42.2 Å². The molecule has 26 heavy (non-hydrogen) atoms. The predicted octanol–water partition coefficient (Wildman–Crippen LogP) is 5.62. The second kappa shape index (κ2) is 7.96. The minimum atomic E-state index is 0.745. The Morgan fingerprint density at radius 2 is 2.19 bits per heavy atom. The van der Waals surface area contributed by atoms with E-state index in [2.05, 4.69) is 29.4 Å². The molecule has 3 heterocycles. The van der Waals surface area contributed by atoms with Gasteiger partial charge < -0.3 is 5.32 Å². The van der Waals surface area contributed by atoms with Gasteiger partial charge in [0.05, 0.1) is 5.39 Å². The first-order valence-corrected chi connectivity index (χ1v) is 10.3. The smallest absolute Gasteiger partial charge is 0.164 e. The van der Waals surface area contributed by atoms with E-state index in [9.17, 15) is 0 Å². The number of fused-ring (bicyclic) bond motifs is 1. The number of pyridine rings is 1. The molecule has 0 bridgehead atoms. The number of aromatic nitrogens is 3. The molecule has 0 saturated carbocycles. The maximum atomic E-state index is 4.83. The van der Waals surface area contributed by atoms with Crippen LogP contribution in [0.3, 0.4) is 0 Å². The van der Waals surface area contributed by atoms with Crippen molar-refractivity contribution in [2.45, 2.75) is 45.4 Å². The third-order valence-corrected chi connectivity index (χ3v) is 6.01. The molecule has 1 aliphatic carbocycles. The summed E-state index contributed by atoms with van der Waals surface area (Å²) in [4.78, 5) is 16.2. The van der Waals surface area contributed by atoms with Gasteiger partial charge in [-0.1, -0.05) is 18.6 Å². The lowest BCUT2D eigenvalue weighted by molar-refractivity contribution is 0.679. The highest BCUT2D eigenvalue weighted by molar-refractivity contribution is 7.18. The maximum Gasteiger partial charge on any atom is 0.164 e. The zero-order valence-electron chi connectivity index (χ0n) is 15.2. The van der Waals surface area contributed by atoms with E-state index in [1.165, 1.54) is 30.6 Å². The van der Waals surface area contributed by atoms with Gasteiger partial charge in [0.25, 0.3) is 0 Å². The second-order valence-electron chi connectivity index (χ2n) is 6.71. The number of nitrogens with one attached hydrogen (secondary N) is 1. The van der Waals surface area contributed by atoms with Crippen LogP contribution in [-0.4, -0.2) is 21.5 Å². The van der Waals surface area contributed by atoms with E-state index in [0.717, 1.165) is 46.8 Å². The van der Waals surface area contributed by atoms with Crippen LogP contribution in [-0.2, 0) is 6.42 Å². The fourth-order valence-corrected chi connectivity index (χ4v) is 4.34. The molecule has 5 heteroatoms. The third-order valence-electron chi connectivity index (χ3n) is 4.84. The first-order valence-electron chi connectivity index (χ1n) is 9.46. The van der Waals surface area contributed by atoms with Gasteiger partial charge in [0, 0.05) is 29.4 Å². The number of rotatable bonds is 6. The van der Waals surface area contributed by atoms with E-state index >= 15 is 0 Å². The van der Waals surface area contributed by atoms with Crippen molar-refractivity contribution in [2.75, 3.05) is 11.9 Å². The van der Waals surface area contributed by atoms with Gasteiger partial charge >= 0.3 is 0 Å². The van der Waals surface area contributed by atoms with Gasteiger partial charge in [-0.2, -0.15) is 0 Å². The summed E-state index contributed by atoms with van der Waals surface area (Å²) in [5.41, 5.74) is 2.54. The highest BCUT2D eigenvalue weighted by Crippen LogP contribution is 2.31. The fraction of sp³-hybridized carbons (Fsp3) is 0.381. The molecule has 0 atom stereocenters. The molecular weight excluding hydrogens is 340 g/mol. The molecule has 0 amide bonds. The number of hydrogen-bond acceptors (Lipinski definition) is 5. The predicted molar refractivity (Wildman–Crippen MR) is 110 cm³/mol. The van der Waals surface area contributed by atoms with Gasteiger partial charge in [-0.15, -0.1) is 11.3 Å². The molecule has 1 N–H and O–H groups in total. The van der Waals surface area contributed by atoms with Crippen molar-refractivity contribution in [2.24, 2.45) is 0 Å². The van der Waals surface area contributed by atoms with Crippen LogP contribution >= 0.6 is 11.3 Å². The zero-order chi connectivity index (χ0) is 17.8. The largest absolute Gasteiger partial charge is 0.369 e. The summed E-state index contributed by atoms with van der Waals surface area (Å²) < 4.78 is 0. The van der Waals surface area contributed by atoms with Crippen LogP contribution in [0.1, 0.15) is 43.9 Å². The van der Waals surface area contributed by atoms with E-state index < -0.39 is 0 Å². The number of hydrogen-bond donors (Lipinski definition) is 1. The monoisotopic (exact) mass is 364 g/mol. The Labute approximate surface area is 158 Å². The van der Waals surface area contributed by atoms with Crippen LogP contribution in [0, 0.1) is 0 Å². The molecule has 4 nitrogen and oxygen atoms in total. The molecular formula is C21H24N4S. The van der Waals surface area contributed by atoms with Gasteiger partial charge in [-0.25, -0.2) is 9.97 Å². The van der Waals surface area contributed by atoms with E-state index in [1.54, 1.807) is 23.1 Å². The van der Waals surface area contributed by atoms with Crippen molar-refractivity contribution < 1.29 is 0 Å². The van der Waals surface area contributed by atoms with E-state index in [0.29, 0.717) is 0 Å². The first kappa shape index (κ1) is 17.2. The molecule has 0 unspecified atom stereocenters. The Kier molecular flexibility index (Phi) is 5.25. The molecule has 4 rings (SSSR count). The number of anilines is 1. The molecule has 0 fully saturated rings. The highest BCUT2D eigenvalue weighted by Gasteiger charge is 2.13. The van der Waals surface area contributed by atoms with E-state index in [-0.39, 0.29) is 0 Å². The Morgan fingerprint density at radius 3 is 2.96 bits per heavy atom. The lowest BCUT2D eigenvalue weighted by atomic mass is 9.97. The minimum Gasteiger partial charge on any atom is -0.369 e. The molecule has 1 aliphatic rings.